The van der Waals surface area contributed by atoms with Crippen LogP contribution in [0.3, 0.4) is 0 Å². The van der Waals surface area contributed by atoms with Crippen molar-refractivity contribution in [2.45, 2.75) is 51.9 Å². The molecule has 12 nitrogen and oxygen atoms in total. The highest BCUT2D eigenvalue weighted by molar-refractivity contribution is 9.10. The molecule has 0 fully saturated rings. The van der Waals surface area contributed by atoms with Crippen LogP contribution >= 0.6 is 89.3 Å². The second kappa shape index (κ2) is 30.8. The molecule has 0 saturated carbocycles. The predicted molar refractivity (Wildman–Crippen MR) is 316 cm³/mol. The van der Waals surface area contributed by atoms with Crippen molar-refractivity contribution >= 4 is 121 Å². The molecule has 8 aromatic rings. The zero-order valence-corrected chi connectivity index (χ0v) is 49.3. The van der Waals surface area contributed by atoms with Gasteiger partial charge in [-0.3, -0.25) is 28.3 Å². The van der Waals surface area contributed by atoms with Gasteiger partial charge in [0.2, 0.25) is 0 Å². The van der Waals surface area contributed by atoms with E-state index in [1.54, 1.807) is 28.8 Å². The number of carbonyl (C=O) groups is 2. The molecular weight excluding hydrogens is 1170 g/mol. The van der Waals surface area contributed by atoms with Crippen LogP contribution in [0.4, 0.5) is 0 Å². The Balaban J connectivity index is 0.000000226. The fourth-order valence-electron chi connectivity index (χ4n) is 7.75. The van der Waals surface area contributed by atoms with Crippen molar-refractivity contribution in [1.82, 2.24) is 39.1 Å². The summed E-state index contributed by atoms with van der Waals surface area (Å²) >= 11 is 24.3. The predicted octanol–water partition coefficient (Wildman–Crippen LogP) is 12.8. The molecule has 2 atom stereocenters. The zero-order valence-electron chi connectivity index (χ0n) is 42.2. The molecule has 4 heterocycles. The quantitative estimate of drug-likeness (QED) is 0.0660. The van der Waals surface area contributed by atoms with E-state index in [1.165, 1.54) is 22.7 Å². The molecule has 0 radical (unpaired) electrons. The molecule has 1 amide bonds. The van der Waals surface area contributed by atoms with Crippen LogP contribution in [-0.2, 0) is 13.1 Å². The topological polar surface area (TPSA) is 126 Å². The van der Waals surface area contributed by atoms with Crippen molar-refractivity contribution in [2.24, 2.45) is 0 Å². The van der Waals surface area contributed by atoms with Gasteiger partial charge in [0.1, 0.15) is 21.0 Å². The Hall–Kier alpha value is -4.59. The Morgan fingerprint density at radius 3 is 1.50 bits per heavy atom. The number of nitrogens with one attached hydrogen (secondary N) is 1. The van der Waals surface area contributed by atoms with Gasteiger partial charge in [-0.05, 0) is 135 Å². The van der Waals surface area contributed by atoms with E-state index in [2.05, 4.69) is 80.1 Å². The first-order chi connectivity index (χ1) is 35.6. The molecule has 0 bridgehead atoms. The first-order valence-corrected chi connectivity index (χ1v) is 28.6. The summed E-state index contributed by atoms with van der Waals surface area (Å²) in [5.74, 6) is 1.37. The summed E-state index contributed by atoms with van der Waals surface area (Å²) in [6.07, 6.45) is 1.51. The van der Waals surface area contributed by atoms with Gasteiger partial charge in [0.15, 0.2) is 0 Å². The van der Waals surface area contributed by atoms with Crippen LogP contribution in [0, 0.1) is 0 Å². The third-order valence-electron chi connectivity index (χ3n) is 11.5. The lowest BCUT2D eigenvalue weighted by Gasteiger charge is -2.33. The average molecular weight is 1230 g/mol. The number of hydrogen-bond acceptors (Lipinski definition) is 11. The molecule has 0 saturated heterocycles. The number of aromatic nitrogens is 4. The van der Waals surface area contributed by atoms with Gasteiger partial charge in [-0.15, -0.1) is 45.9 Å². The monoisotopic (exact) mass is 1220 g/mol. The van der Waals surface area contributed by atoms with Gasteiger partial charge in [-0.2, -0.15) is 0 Å². The number of thiophene rings is 2. The molecule has 0 aliphatic rings. The van der Waals surface area contributed by atoms with Crippen molar-refractivity contribution in [3.8, 4) is 0 Å². The van der Waals surface area contributed by atoms with E-state index < -0.39 is 5.24 Å². The maximum atomic E-state index is 13.8. The van der Waals surface area contributed by atoms with Crippen LogP contribution < -0.4 is 16.4 Å². The molecule has 0 spiro atoms. The summed E-state index contributed by atoms with van der Waals surface area (Å²) < 4.78 is 6.81. The van der Waals surface area contributed by atoms with E-state index in [0.717, 1.165) is 55.6 Å². The molecule has 74 heavy (non-hydrogen) atoms. The highest BCUT2D eigenvalue weighted by Gasteiger charge is 2.30. The summed E-state index contributed by atoms with van der Waals surface area (Å²) in [6.45, 7) is 8.13. The number of likely N-dealkylation sites (N-methyl/N-ethyl adjacent to an activating group) is 2. The highest BCUT2D eigenvalue weighted by atomic mass is 79.9. The van der Waals surface area contributed by atoms with E-state index in [-0.39, 0.29) is 34.4 Å². The van der Waals surface area contributed by atoms with Crippen molar-refractivity contribution < 1.29 is 9.59 Å². The number of alkyl halides is 2. The molecular formula is C55H61Br2Cl3N8O4S2. The summed E-state index contributed by atoms with van der Waals surface area (Å²) in [5, 5.41) is 7.17. The number of fused-ring (bicyclic) bond motifs is 2. The Labute approximate surface area is 473 Å². The Morgan fingerprint density at radius 2 is 1.07 bits per heavy atom. The molecule has 19 heteroatoms. The largest absolute Gasteiger partial charge is 0.327 e. The number of benzene rings is 4. The molecule has 392 valence electrons. The maximum absolute atomic E-state index is 13.8. The SMILES string of the molecule is CCC(NCCN(C)C)c1nc2ccsc2c(=O)n1Cc1ccccc1.CCC(c1nc2ccsc2c(=O)n1Cc1ccccc1)N(CCN(C)C)C(=O)c1ccc(Br)cc1.ClCCl.O=C(Cl)c1ccc(Br)cc1. The van der Waals surface area contributed by atoms with E-state index in [4.69, 9.17) is 44.8 Å². The van der Waals surface area contributed by atoms with E-state index in [9.17, 15) is 19.2 Å². The lowest BCUT2D eigenvalue weighted by molar-refractivity contribution is 0.0642. The molecule has 0 aliphatic heterocycles. The van der Waals surface area contributed by atoms with Crippen molar-refractivity contribution in [3.63, 3.8) is 0 Å². The smallest absolute Gasteiger partial charge is 0.271 e. The maximum Gasteiger partial charge on any atom is 0.271 e. The van der Waals surface area contributed by atoms with Gasteiger partial charge >= 0.3 is 0 Å². The minimum absolute atomic E-state index is 0.0515. The third kappa shape index (κ3) is 17.5. The van der Waals surface area contributed by atoms with E-state index in [0.29, 0.717) is 59.8 Å². The Morgan fingerprint density at radius 1 is 0.622 bits per heavy atom. The molecule has 4 aromatic heterocycles. The normalized spacial score (nSPS) is 11.8. The highest BCUT2D eigenvalue weighted by Crippen LogP contribution is 2.28. The number of nitrogens with zero attached hydrogens (tertiary/aromatic N) is 7. The van der Waals surface area contributed by atoms with Crippen LogP contribution in [0.1, 0.15) is 82.3 Å². The van der Waals surface area contributed by atoms with Gasteiger partial charge in [0, 0.05) is 46.3 Å². The van der Waals surface area contributed by atoms with E-state index in [1.807, 2.05) is 126 Å². The minimum atomic E-state index is -0.424. The first kappa shape index (κ1) is 60.3. The van der Waals surface area contributed by atoms with Crippen LogP contribution in [0.2, 0.25) is 0 Å². The van der Waals surface area contributed by atoms with Crippen LogP contribution in [0.25, 0.3) is 20.4 Å². The number of hydrogen-bond donors (Lipinski definition) is 1. The Kier molecular flexibility index (Phi) is 25.1. The van der Waals surface area contributed by atoms with Crippen LogP contribution in [0.15, 0.2) is 151 Å². The van der Waals surface area contributed by atoms with Gasteiger partial charge in [0.25, 0.3) is 22.3 Å². The second-order valence-corrected chi connectivity index (χ2v) is 22.1. The van der Waals surface area contributed by atoms with E-state index >= 15 is 0 Å². The lowest BCUT2D eigenvalue weighted by atomic mass is 10.1. The van der Waals surface area contributed by atoms with Gasteiger partial charge in [-0.1, -0.05) is 106 Å². The summed E-state index contributed by atoms with van der Waals surface area (Å²) in [5.41, 5.74) is 4.72. The molecule has 2 unspecified atom stereocenters. The first-order valence-electron chi connectivity index (χ1n) is 23.8. The fraction of sp³-hybridized carbons (Fsp3) is 0.309. The fourth-order valence-corrected chi connectivity index (χ4v) is 9.96. The molecule has 1 N–H and O–H groups in total. The second-order valence-electron chi connectivity index (χ2n) is 17.3. The van der Waals surface area contributed by atoms with Gasteiger partial charge in [-0.25, -0.2) is 9.97 Å². The summed E-state index contributed by atoms with van der Waals surface area (Å²) in [7, 11) is 8.10. The number of carbonyl (C=O) groups excluding carboxylic acids is 2. The molecule has 8 rings (SSSR count). The molecule has 4 aromatic carbocycles. The van der Waals surface area contributed by atoms with Crippen LogP contribution in [-0.4, -0.2) is 105 Å². The number of halogens is 5. The standard InChI is InChI=1S/C27H29BrN4O2S.C20H26N4OS.C7H4BrClO.CH2Cl2/c1-4-23(31(16-15-30(2)3)26(33)20-10-12-21(28)13-11-20)25-29-22-14-17-35-24(22)27(34)32(25)18-19-8-6-5-7-9-19;1-4-16(21-11-12-23(2)3)19-22-17-10-13-26-18(17)20(25)24(19)14-15-8-6-5-7-9-15;8-6-3-1-5(2-4-6)7(9)10;2-1-3/h5-14,17,23H,4,15-16,18H2,1-3H3;5-10,13,16,21H,4,11-12,14H2,1-3H3;1-4H;1H2. The summed E-state index contributed by atoms with van der Waals surface area (Å²) in [6, 6.07) is 37.8. The number of rotatable bonds is 18. The molecule has 0 aliphatic carbocycles. The van der Waals surface area contributed by atoms with Gasteiger partial charge < -0.3 is 20.0 Å². The van der Waals surface area contributed by atoms with Crippen LogP contribution in [0.5, 0.6) is 0 Å². The van der Waals surface area contributed by atoms with Crippen molar-refractivity contribution in [1.29, 1.82) is 0 Å². The van der Waals surface area contributed by atoms with Crippen molar-refractivity contribution in [2.75, 3.05) is 59.7 Å². The lowest BCUT2D eigenvalue weighted by Crippen LogP contribution is -2.42. The van der Waals surface area contributed by atoms with Crippen molar-refractivity contribution in [3.05, 3.63) is 196 Å². The third-order valence-corrected chi connectivity index (χ3v) is 14.6. The average Bonchev–Trinajstić information content (AvgIpc) is 4.08. The minimum Gasteiger partial charge on any atom is -0.327 e. The summed E-state index contributed by atoms with van der Waals surface area (Å²) in [4.78, 5) is 66.9. The zero-order chi connectivity index (χ0) is 53.7. The Bertz CT molecular complexity index is 3120. The number of amides is 1. The van der Waals surface area contributed by atoms with Gasteiger partial charge in [0.05, 0.1) is 41.5 Å².